The van der Waals surface area contributed by atoms with E-state index in [1.54, 1.807) is 30.3 Å². The molecule has 3 aromatic rings. The number of aromatic nitrogens is 2. The molecular formula is C21H21FN4O2. The van der Waals surface area contributed by atoms with E-state index in [-0.39, 0.29) is 17.5 Å². The summed E-state index contributed by atoms with van der Waals surface area (Å²) in [7, 11) is 0. The van der Waals surface area contributed by atoms with Crippen LogP contribution in [0.25, 0.3) is 16.5 Å². The van der Waals surface area contributed by atoms with Gasteiger partial charge in [-0.25, -0.2) is 4.39 Å². The summed E-state index contributed by atoms with van der Waals surface area (Å²) in [5, 5.41) is 11.7. The number of alkyl halides is 1. The van der Waals surface area contributed by atoms with Gasteiger partial charge in [0.25, 0.3) is 11.5 Å². The number of fused-ring (bicyclic) bond motifs is 1. The molecule has 1 fully saturated rings. The van der Waals surface area contributed by atoms with Crippen LogP contribution in [0.5, 0.6) is 0 Å². The first-order valence-electron chi connectivity index (χ1n) is 9.27. The van der Waals surface area contributed by atoms with E-state index in [1.165, 1.54) is 4.68 Å². The van der Waals surface area contributed by atoms with Gasteiger partial charge in [-0.2, -0.15) is 9.78 Å². The fraction of sp³-hybridized carbons (Fsp3) is 0.286. The summed E-state index contributed by atoms with van der Waals surface area (Å²) < 4.78 is 14.5. The molecule has 0 bridgehead atoms. The number of nitrogens with one attached hydrogen (secondary N) is 2. The van der Waals surface area contributed by atoms with Crippen molar-refractivity contribution >= 4 is 16.7 Å². The number of nitrogens with zero attached hydrogens (tertiary/aromatic N) is 2. The Morgan fingerprint density at radius 1 is 1.25 bits per heavy atom. The minimum absolute atomic E-state index is 0.0606. The van der Waals surface area contributed by atoms with Gasteiger partial charge in [0, 0.05) is 30.1 Å². The van der Waals surface area contributed by atoms with Crippen LogP contribution in [-0.2, 0) is 0 Å². The number of amides is 1. The van der Waals surface area contributed by atoms with Crippen LogP contribution in [0.2, 0.25) is 0 Å². The van der Waals surface area contributed by atoms with Crippen molar-refractivity contribution in [3.05, 3.63) is 70.1 Å². The van der Waals surface area contributed by atoms with Crippen LogP contribution >= 0.6 is 0 Å². The van der Waals surface area contributed by atoms with Crippen molar-refractivity contribution < 1.29 is 9.18 Å². The number of hydrogen-bond donors (Lipinski definition) is 2. The zero-order valence-corrected chi connectivity index (χ0v) is 15.5. The van der Waals surface area contributed by atoms with Crippen LogP contribution in [0.1, 0.15) is 22.5 Å². The largest absolute Gasteiger partial charge is 0.350 e. The average molecular weight is 380 g/mol. The topological polar surface area (TPSA) is 76.0 Å². The molecule has 2 heterocycles. The molecule has 0 spiro atoms. The highest BCUT2D eigenvalue weighted by molar-refractivity contribution is 5.94. The van der Waals surface area contributed by atoms with Crippen molar-refractivity contribution in [3.8, 4) is 5.69 Å². The second-order valence-electron chi connectivity index (χ2n) is 7.05. The molecule has 4 rings (SSSR count). The molecule has 7 heteroatoms. The minimum atomic E-state index is -0.862. The molecule has 2 aromatic carbocycles. The number of rotatable bonds is 4. The lowest BCUT2D eigenvalue weighted by Crippen LogP contribution is -2.37. The van der Waals surface area contributed by atoms with E-state index in [9.17, 15) is 14.0 Å². The third kappa shape index (κ3) is 3.53. The molecule has 0 radical (unpaired) electrons. The molecule has 1 amide bonds. The summed E-state index contributed by atoms with van der Waals surface area (Å²) in [6, 6.07) is 14.0. The molecule has 1 aliphatic rings. The summed E-state index contributed by atoms with van der Waals surface area (Å²) in [5.41, 5.74) is 1.45. The summed E-state index contributed by atoms with van der Waals surface area (Å²) >= 11 is 0. The van der Waals surface area contributed by atoms with Gasteiger partial charge in [0.1, 0.15) is 6.17 Å². The van der Waals surface area contributed by atoms with Gasteiger partial charge in [0.2, 0.25) is 0 Å². The lowest BCUT2D eigenvalue weighted by molar-refractivity contribution is 0.0950. The van der Waals surface area contributed by atoms with Gasteiger partial charge in [-0.1, -0.05) is 24.3 Å². The van der Waals surface area contributed by atoms with Crippen LogP contribution in [-0.4, -0.2) is 41.0 Å². The van der Waals surface area contributed by atoms with Crippen LogP contribution in [0.3, 0.4) is 0 Å². The Bertz CT molecular complexity index is 1100. The molecule has 6 nitrogen and oxygen atoms in total. The van der Waals surface area contributed by atoms with Gasteiger partial charge in [-0.05, 0) is 37.6 Å². The molecule has 1 saturated heterocycles. The average Bonchev–Trinajstić information content (AvgIpc) is 3.14. The molecule has 2 atom stereocenters. The highest BCUT2D eigenvalue weighted by atomic mass is 19.1. The van der Waals surface area contributed by atoms with Crippen molar-refractivity contribution in [2.45, 2.75) is 25.6 Å². The number of aryl methyl sites for hydroxylation is 1. The Hall–Kier alpha value is -3.06. The summed E-state index contributed by atoms with van der Waals surface area (Å²) in [6.45, 7) is 2.53. The Morgan fingerprint density at radius 3 is 2.79 bits per heavy atom. The number of carbonyl (C=O) groups excluding carboxylic acids is 1. The summed E-state index contributed by atoms with van der Waals surface area (Å²) in [6.07, 6.45) is -0.463. The van der Waals surface area contributed by atoms with E-state index in [1.807, 2.05) is 25.1 Å². The minimum Gasteiger partial charge on any atom is -0.350 e. The van der Waals surface area contributed by atoms with Crippen LogP contribution in [0, 0.1) is 6.92 Å². The third-order valence-electron chi connectivity index (χ3n) is 5.02. The third-order valence-corrected chi connectivity index (χ3v) is 5.02. The predicted molar refractivity (Wildman–Crippen MR) is 106 cm³/mol. The maximum absolute atomic E-state index is 13.2. The van der Waals surface area contributed by atoms with Crippen LogP contribution in [0.4, 0.5) is 4.39 Å². The SMILES string of the molecule is Cc1nn(-c2cccc(C(=O)NC[C@@H]3C[C@H](F)CN3)c2)c(=O)c2ccccc12. The molecular weight excluding hydrogens is 359 g/mol. The Labute approximate surface area is 161 Å². The van der Waals surface area contributed by atoms with Crippen LogP contribution < -0.4 is 16.2 Å². The Balaban J connectivity index is 1.60. The van der Waals surface area contributed by atoms with E-state index in [2.05, 4.69) is 15.7 Å². The van der Waals surface area contributed by atoms with Gasteiger partial charge in [0.05, 0.1) is 16.8 Å². The molecule has 144 valence electrons. The molecule has 28 heavy (non-hydrogen) atoms. The van der Waals surface area contributed by atoms with E-state index in [0.29, 0.717) is 36.1 Å². The number of carbonyl (C=O) groups is 1. The standard InChI is InChI=1S/C21H21FN4O2/c1-13-18-7-2-3-8-19(18)21(28)26(25-13)17-6-4-5-14(9-17)20(27)24-12-16-10-15(22)11-23-16/h2-9,15-16,23H,10-12H2,1H3,(H,24,27)/t15-,16-/m0/s1. The highest BCUT2D eigenvalue weighted by Gasteiger charge is 2.23. The van der Waals surface area contributed by atoms with Gasteiger partial charge in [0.15, 0.2) is 0 Å². The smallest absolute Gasteiger partial charge is 0.279 e. The van der Waals surface area contributed by atoms with Crippen molar-refractivity contribution in [1.29, 1.82) is 0 Å². The lowest BCUT2D eigenvalue weighted by Gasteiger charge is -2.12. The summed E-state index contributed by atoms with van der Waals surface area (Å²) in [5.74, 6) is -0.267. The second-order valence-corrected chi connectivity index (χ2v) is 7.05. The van der Waals surface area contributed by atoms with Gasteiger partial charge < -0.3 is 10.6 Å². The Kier molecular flexibility index (Phi) is 4.92. The van der Waals surface area contributed by atoms with Crippen molar-refractivity contribution in [1.82, 2.24) is 20.4 Å². The van der Waals surface area contributed by atoms with Gasteiger partial charge in [-0.3, -0.25) is 9.59 Å². The molecule has 2 N–H and O–H groups in total. The van der Waals surface area contributed by atoms with Gasteiger partial charge >= 0.3 is 0 Å². The predicted octanol–water partition coefficient (Wildman–Crippen LogP) is 2.12. The molecule has 0 saturated carbocycles. The first-order chi connectivity index (χ1) is 13.5. The van der Waals surface area contributed by atoms with Crippen molar-refractivity contribution in [2.24, 2.45) is 0 Å². The molecule has 0 unspecified atom stereocenters. The number of halogens is 1. The fourth-order valence-electron chi connectivity index (χ4n) is 3.55. The molecule has 1 aromatic heterocycles. The first kappa shape index (κ1) is 18.3. The maximum Gasteiger partial charge on any atom is 0.279 e. The zero-order valence-electron chi connectivity index (χ0n) is 15.5. The van der Waals surface area contributed by atoms with Crippen molar-refractivity contribution in [2.75, 3.05) is 13.1 Å². The monoisotopic (exact) mass is 380 g/mol. The normalized spacial score (nSPS) is 19.1. The van der Waals surface area contributed by atoms with Gasteiger partial charge in [-0.15, -0.1) is 0 Å². The first-order valence-corrected chi connectivity index (χ1v) is 9.27. The number of benzene rings is 2. The van der Waals surface area contributed by atoms with Crippen LogP contribution in [0.15, 0.2) is 53.3 Å². The maximum atomic E-state index is 13.2. The quantitative estimate of drug-likeness (QED) is 0.727. The van der Waals surface area contributed by atoms with E-state index < -0.39 is 6.17 Å². The summed E-state index contributed by atoms with van der Waals surface area (Å²) in [4.78, 5) is 25.3. The molecule has 1 aliphatic heterocycles. The highest BCUT2D eigenvalue weighted by Crippen LogP contribution is 2.15. The number of hydrogen-bond acceptors (Lipinski definition) is 4. The fourth-order valence-corrected chi connectivity index (χ4v) is 3.55. The van der Waals surface area contributed by atoms with E-state index in [0.717, 1.165) is 11.1 Å². The Morgan fingerprint density at radius 2 is 2.04 bits per heavy atom. The lowest BCUT2D eigenvalue weighted by atomic mass is 10.1. The molecule has 0 aliphatic carbocycles. The second kappa shape index (κ2) is 7.52. The van der Waals surface area contributed by atoms with Crippen molar-refractivity contribution in [3.63, 3.8) is 0 Å². The van der Waals surface area contributed by atoms with E-state index >= 15 is 0 Å². The van der Waals surface area contributed by atoms with E-state index in [4.69, 9.17) is 0 Å². The zero-order chi connectivity index (χ0) is 19.7.